The molecule has 0 saturated carbocycles. The molecule has 0 radical (unpaired) electrons. The van der Waals surface area contributed by atoms with Crippen LogP contribution in [-0.2, 0) is 15.6 Å². The van der Waals surface area contributed by atoms with Gasteiger partial charge in [0.1, 0.15) is 0 Å². The molecule has 0 aliphatic carbocycles. The van der Waals surface area contributed by atoms with Gasteiger partial charge in [0.05, 0.1) is 21.4 Å². The van der Waals surface area contributed by atoms with E-state index in [1.807, 2.05) is 0 Å². The average molecular weight is 390 g/mol. The molecular weight excluding hydrogens is 377 g/mol. The van der Waals surface area contributed by atoms with E-state index in [1.54, 1.807) is 42.6 Å². The maximum atomic E-state index is 12.7. The number of hydrogen-bond donors (Lipinski definition) is 0. The Labute approximate surface area is 155 Å². The van der Waals surface area contributed by atoms with Gasteiger partial charge in [0, 0.05) is 24.2 Å². The van der Waals surface area contributed by atoms with Crippen molar-refractivity contribution in [3.8, 4) is 0 Å². The Balaban J connectivity index is 1.73. The van der Waals surface area contributed by atoms with Crippen LogP contribution in [0.4, 0.5) is 4.39 Å². The molecule has 26 heavy (non-hydrogen) atoms. The quantitative estimate of drug-likeness (QED) is 0.620. The molecule has 132 valence electrons. The zero-order chi connectivity index (χ0) is 18.6. The van der Waals surface area contributed by atoms with Crippen molar-refractivity contribution in [2.45, 2.75) is 10.6 Å². The summed E-state index contributed by atoms with van der Waals surface area (Å²) in [6, 6.07) is 9.68. The second-order valence-electron chi connectivity index (χ2n) is 5.39. The van der Waals surface area contributed by atoms with Crippen molar-refractivity contribution in [2.24, 2.45) is 0 Å². The Morgan fingerprint density at radius 1 is 0.923 bits per heavy atom. The first-order valence-corrected chi connectivity index (χ1v) is 9.55. The van der Waals surface area contributed by atoms with Gasteiger partial charge >= 0.3 is 6.08 Å². The van der Waals surface area contributed by atoms with Crippen LogP contribution in [-0.4, -0.2) is 23.4 Å². The van der Waals surface area contributed by atoms with Crippen LogP contribution in [0.15, 0.2) is 59.9 Å². The van der Waals surface area contributed by atoms with Crippen LogP contribution in [0.1, 0.15) is 16.8 Å². The monoisotopic (exact) mass is 389 g/mol. The highest BCUT2D eigenvalue weighted by atomic mass is 35.5. The fraction of sp³-hybridized carbons (Fsp3) is 0.0556. The minimum absolute atomic E-state index is 0.0868. The largest absolute Gasteiger partial charge is 0.308 e. The lowest BCUT2D eigenvalue weighted by Gasteiger charge is -2.06. The number of benzene rings is 1. The van der Waals surface area contributed by atoms with Crippen molar-refractivity contribution in [1.29, 1.82) is 0 Å². The highest BCUT2D eigenvalue weighted by molar-refractivity contribution is 7.90. The van der Waals surface area contributed by atoms with E-state index >= 15 is 0 Å². The maximum absolute atomic E-state index is 12.7. The predicted octanol–water partition coefficient (Wildman–Crippen LogP) is 3.81. The van der Waals surface area contributed by atoms with E-state index in [1.165, 1.54) is 24.5 Å². The van der Waals surface area contributed by atoms with Crippen molar-refractivity contribution in [1.82, 2.24) is 15.0 Å². The van der Waals surface area contributed by atoms with Gasteiger partial charge in [-0.2, -0.15) is 4.39 Å². The molecule has 2 heterocycles. The predicted molar refractivity (Wildman–Crippen MR) is 97.5 cm³/mol. The zero-order valence-electron chi connectivity index (χ0n) is 13.4. The third-order valence-corrected chi connectivity index (χ3v) is 5.61. The number of rotatable bonds is 5. The highest BCUT2D eigenvalue weighted by Gasteiger charge is 2.18. The smallest absolute Gasteiger partial charge is 0.260 e. The molecule has 2 aromatic heterocycles. The van der Waals surface area contributed by atoms with Gasteiger partial charge in [0.15, 0.2) is 9.84 Å². The van der Waals surface area contributed by atoms with E-state index in [0.29, 0.717) is 11.3 Å². The van der Waals surface area contributed by atoms with Gasteiger partial charge in [0.25, 0.3) is 0 Å². The van der Waals surface area contributed by atoms with Crippen molar-refractivity contribution in [2.75, 3.05) is 0 Å². The van der Waals surface area contributed by atoms with Gasteiger partial charge in [-0.15, -0.1) is 0 Å². The first kappa shape index (κ1) is 18.2. The highest BCUT2D eigenvalue weighted by Crippen LogP contribution is 2.23. The molecule has 0 aliphatic heterocycles. The molecule has 0 unspecified atom stereocenters. The van der Waals surface area contributed by atoms with E-state index in [4.69, 9.17) is 11.6 Å². The molecule has 0 N–H and O–H groups in total. The number of nitrogens with zero attached hydrogens (tertiary/aromatic N) is 3. The Morgan fingerprint density at radius 2 is 1.58 bits per heavy atom. The number of aromatic nitrogens is 3. The normalized spacial score (nSPS) is 11.8. The van der Waals surface area contributed by atoms with Crippen LogP contribution < -0.4 is 0 Å². The number of hydrogen-bond acceptors (Lipinski definition) is 5. The van der Waals surface area contributed by atoms with Gasteiger partial charge in [-0.25, -0.2) is 18.4 Å². The summed E-state index contributed by atoms with van der Waals surface area (Å²) in [5.41, 5.74) is 1.80. The molecule has 1 aromatic carbocycles. The third kappa shape index (κ3) is 4.50. The second kappa shape index (κ2) is 7.72. The number of sulfone groups is 1. The van der Waals surface area contributed by atoms with Crippen LogP contribution in [0.25, 0.3) is 12.2 Å². The van der Waals surface area contributed by atoms with Gasteiger partial charge in [-0.1, -0.05) is 42.0 Å². The summed E-state index contributed by atoms with van der Waals surface area (Å²) in [4.78, 5) is 11.2. The van der Waals surface area contributed by atoms with Crippen LogP contribution >= 0.6 is 11.6 Å². The maximum Gasteiger partial charge on any atom is 0.308 e. The van der Waals surface area contributed by atoms with E-state index in [2.05, 4.69) is 15.0 Å². The summed E-state index contributed by atoms with van der Waals surface area (Å²) >= 11 is 5.97. The Morgan fingerprint density at radius 3 is 2.23 bits per heavy atom. The molecule has 5 nitrogen and oxygen atoms in total. The lowest BCUT2D eigenvalue weighted by Crippen LogP contribution is -2.07. The molecular formula is C18H13ClFN3O2S. The summed E-state index contributed by atoms with van der Waals surface area (Å²) in [6.45, 7) is 0. The molecule has 3 rings (SSSR count). The molecule has 0 spiro atoms. The molecule has 0 atom stereocenters. The third-order valence-electron chi connectivity index (χ3n) is 3.47. The number of halogens is 2. The van der Waals surface area contributed by atoms with Crippen molar-refractivity contribution in [3.05, 3.63) is 82.9 Å². The molecule has 0 amide bonds. The number of pyridine rings is 1. The minimum atomic E-state index is -3.58. The summed E-state index contributed by atoms with van der Waals surface area (Å²) in [7, 11) is -3.58. The van der Waals surface area contributed by atoms with Gasteiger partial charge in [-0.05, 0) is 23.8 Å². The SMILES string of the molecule is O=S(=O)(Cc1ccc(/C=C/c2cnc(F)nc2)cn1)c1ccccc1Cl. The molecule has 0 fully saturated rings. The van der Waals surface area contributed by atoms with Gasteiger partial charge < -0.3 is 0 Å². The van der Waals surface area contributed by atoms with E-state index < -0.39 is 15.9 Å². The van der Waals surface area contributed by atoms with Crippen molar-refractivity contribution < 1.29 is 12.8 Å². The molecule has 0 aliphatic rings. The van der Waals surface area contributed by atoms with Gasteiger partial charge in [-0.3, -0.25) is 4.98 Å². The van der Waals surface area contributed by atoms with Gasteiger partial charge in [0.2, 0.25) is 0 Å². The van der Waals surface area contributed by atoms with Crippen molar-refractivity contribution in [3.63, 3.8) is 0 Å². The lowest BCUT2D eigenvalue weighted by molar-refractivity contribution is 0.538. The molecule has 0 saturated heterocycles. The van der Waals surface area contributed by atoms with E-state index in [9.17, 15) is 12.8 Å². The average Bonchev–Trinajstić information content (AvgIpc) is 2.62. The summed E-state index contributed by atoms with van der Waals surface area (Å²) < 4.78 is 37.6. The first-order chi connectivity index (χ1) is 12.4. The zero-order valence-corrected chi connectivity index (χ0v) is 15.0. The first-order valence-electron chi connectivity index (χ1n) is 7.52. The lowest BCUT2D eigenvalue weighted by atomic mass is 10.2. The Hall–Kier alpha value is -2.64. The van der Waals surface area contributed by atoms with E-state index in [-0.39, 0.29) is 15.7 Å². The summed E-state index contributed by atoms with van der Waals surface area (Å²) in [5, 5.41) is 0.188. The topological polar surface area (TPSA) is 72.8 Å². The van der Waals surface area contributed by atoms with E-state index in [0.717, 1.165) is 5.56 Å². The van der Waals surface area contributed by atoms with Crippen LogP contribution in [0, 0.1) is 6.08 Å². The van der Waals surface area contributed by atoms with Crippen LogP contribution in [0.3, 0.4) is 0 Å². The Kier molecular flexibility index (Phi) is 5.39. The fourth-order valence-electron chi connectivity index (χ4n) is 2.19. The second-order valence-corrected chi connectivity index (χ2v) is 7.76. The Bertz CT molecular complexity index is 1040. The standard InChI is InChI=1S/C18H13ClFN3O2S/c19-16-3-1-2-4-17(16)26(24,25)12-15-8-7-13(9-21-15)5-6-14-10-22-18(20)23-11-14/h1-11H,12H2/b6-5+. The van der Waals surface area contributed by atoms with Crippen LogP contribution in [0.2, 0.25) is 5.02 Å². The van der Waals surface area contributed by atoms with Crippen LogP contribution in [0.5, 0.6) is 0 Å². The summed E-state index contributed by atoms with van der Waals surface area (Å²) in [5.74, 6) is -0.244. The fourth-order valence-corrected chi connectivity index (χ4v) is 4.05. The molecule has 8 heteroatoms. The summed E-state index contributed by atoms with van der Waals surface area (Å²) in [6.07, 6.45) is 6.94. The minimum Gasteiger partial charge on any atom is -0.260 e. The van der Waals surface area contributed by atoms with Crippen molar-refractivity contribution >= 4 is 33.6 Å². The molecule has 3 aromatic rings. The molecule has 0 bridgehead atoms.